The first-order valence-electron chi connectivity index (χ1n) is 5.10. The number of nitrogens with two attached hydrogens (primary N) is 1. The van der Waals surface area contributed by atoms with Gasteiger partial charge in [0.25, 0.3) is 0 Å². The van der Waals surface area contributed by atoms with E-state index in [1.165, 1.54) is 0 Å². The van der Waals surface area contributed by atoms with E-state index in [1.54, 1.807) is 13.8 Å². The second kappa shape index (κ2) is 6.40. The highest BCUT2D eigenvalue weighted by Gasteiger charge is 2.21. The lowest BCUT2D eigenvalue weighted by atomic mass is 10.0. The van der Waals surface area contributed by atoms with Crippen molar-refractivity contribution in [3.63, 3.8) is 0 Å². The molecule has 0 aliphatic heterocycles. The fraction of sp³-hybridized carbons (Fsp3) is 0.800. The Balaban J connectivity index is 4.01. The molecule has 0 radical (unpaired) electrons. The second-order valence-corrected chi connectivity index (χ2v) is 4.03. The van der Waals surface area contributed by atoms with E-state index in [9.17, 15) is 9.59 Å². The zero-order valence-electron chi connectivity index (χ0n) is 9.49. The fourth-order valence-corrected chi connectivity index (χ4v) is 1.05. The van der Waals surface area contributed by atoms with Gasteiger partial charge in [0.2, 0.25) is 5.91 Å². The van der Waals surface area contributed by atoms with E-state index in [4.69, 9.17) is 10.8 Å². The molecule has 0 aromatic carbocycles. The molecule has 0 saturated carbocycles. The Labute approximate surface area is 90.0 Å². The molecule has 0 heterocycles. The van der Waals surface area contributed by atoms with E-state index < -0.39 is 11.9 Å². The molecular weight excluding hydrogens is 196 g/mol. The van der Waals surface area contributed by atoms with Gasteiger partial charge in [0, 0.05) is 12.5 Å². The van der Waals surface area contributed by atoms with Crippen molar-refractivity contribution in [3.05, 3.63) is 0 Å². The van der Waals surface area contributed by atoms with Gasteiger partial charge in [-0.05, 0) is 26.3 Å². The molecule has 0 bridgehead atoms. The van der Waals surface area contributed by atoms with Crippen LogP contribution >= 0.6 is 0 Å². The lowest BCUT2D eigenvalue weighted by Crippen LogP contribution is -2.40. The first-order chi connectivity index (χ1) is 6.88. The highest BCUT2D eigenvalue weighted by atomic mass is 16.4. The van der Waals surface area contributed by atoms with Gasteiger partial charge in [-0.3, -0.25) is 9.59 Å². The van der Waals surface area contributed by atoms with Crippen LogP contribution in [0.4, 0.5) is 0 Å². The predicted molar refractivity (Wildman–Crippen MR) is 57.2 cm³/mol. The number of nitrogens with one attached hydrogen (secondary N) is 1. The molecule has 0 aliphatic carbocycles. The lowest BCUT2D eigenvalue weighted by molar-refractivity contribution is -0.142. The molecule has 0 aromatic heterocycles. The Hall–Kier alpha value is -1.10. The van der Waals surface area contributed by atoms with Crippen molar-refractivity contribution in [1.29, 1.82) is 0 Å². The van der Waals surface area contributed by atoms with Crippen LogP contribution in [0.2, 0.25) is 0 Å². The number of carbonyl (C=O) groups excluding carboxylic acids is 1. The average Bonchev–Trinajstić information content (AvgIpc) is 2.15. The number of carboxylic acid groups (broad SMARTS) is 1. The minimum atomic E-state index is -0.908. The van der Waals surface area contributed by atoms with Crippen LogP contribution in [0, 0.1) is 11.8 Å². The molecule has 0 rings (SSSR count). The molecular formula is C10H20N2O3. The molecule has 15 heavy (non-hydrogen) atoms. The van der Waals surface area contributed by atoms with E-state index in [2.05, 4.69) is 5.32 Å². The first kappa shape index (κ1) is 13.9. The topological polar surface area (TPSA) is 92.4 Å². The van der Waals surface area contributed by atoms with Gasteiger partial charge in [-0.15, -0.1) is 0 Å². The van der Waals surface area contributed by atoms with E-state index in [0.717, 1.165) is 0 Å². The Morgan fingerprint density at radius 1 is 1.33 bits per heavy atom. The number of carbonyl (C=O) groups is 2. The predicted octanol–water partition coefficient (Wildman–Crippen LogP) is 0.197. The van der Waals surface area contributed by atoms with Crippen molar-refractivity contribution < 1.29 is 14.7 Å². The summed E-state index contributed by atoms with van der Waals surface area (Å²) >= 11 is 0. The molecule has 0 spiro atoms. The number of hydrogen-bond donors (Lipinski definition) is 3. The lowest BCUT2D eigenvalue weighted by Gasteiger charge is -2.18. The Kier molecular flexibility index (Phi) is 5.93. The van der Waals surface area contributed by atoms with Gasteiger partial charge >= 0.3 is 5.97 Å². The SMILES string of the molecule is CC(CN)CC(=O)NC(C)C(C)C(=O)O. The molecule has 5 heteroatoms. The Bertz CT molecular complexity index is 231. The van der Waals surface area contributed by atoms with Crippen LogP contribution in [-0.2, 0) is 9.59 Å². The Morgan fingerprint density at radius 3 is 2.27 bits per heavy atom. The van der Waals surface area contributed by atoms with Crippen molar-refractivity contribution >= 4 is 11.9 Å². The van der Waals surface area contributed by atoms with Crippen molar-refractivity contribution in [2.45, 2.75) is 33.2 Å². The van der Waals surface area contributed by atoms with Crippen LogP contribution < -0.4 is 11.1 Å². The number of carboxylic acids is 1. The number of aliphatic carboxylic acids is 1. The monoisotopic (exact) mass is 216 g/mol. The van der Waals surface area contributed by atoms with Crippen LogP contribution in [0.5, 0.6) is 0 Å². The van der Waals surface area contributed by atoms with Gasteiger partial charge in [-0.2, -0.15) is 0 Å². The van der Waals surface area contributed by atoms with Crippen molar-refractivity contribution in [2.24, 2.45) is 17.6 Å². The fourth-order valence-electron chi connectivity index (χ4n) is 1.05. The normalized spacial score (nSPS) is 16.5. The van der Waals surface area contributed by atoms with Crippen LogP contribution in [0.15, 0.2) is 0 Å². The highest BCUT2D eigenvalue weighted by Crippen LogP contribution is 2.04. The van der Waals surface area contributed by atoms with Gasteiger partial charge in [0.05, 0.1) is 5.92 Å². The van der Waals surface area contributed by atoms with Crippen molar-refractivity contribution in [1.82, 2.24) is 5.32 Å². The highest BCUT2D eigenvalue weighted by molar-refractivity contribution is 5.78. The van der Waals surface area contributed by atoms with Gasteiger partial charge in [0.1, 0.15) is 0 Å². The minimum absolute atomic E-state index is 0.123. The van der Waals surface area contributed by atoms with Crippen molar-refractivity contribution in [2.75, 3.05) is 6.54 Å². The molecule has 0 aliphatic rings. The number of rotatable bonds is 6. The van der Waals surface area contributed by atoms with Crippen LogP contribution in [0.3, 0.4) is 0 Å². The molecule has 5 nitrogen and oxygen atoms in total. The summed E-state index contributed by atoms with van der Waals surface area (Å²) in [6, 6.07) is -0.361. The molecule has 88 valence electrons. The Morgan fingerprint density at radius 2 is 1.87 bits per heavy atom. The second-order valence-electron chi connectivity index (χ2n) is 4.03. The maximum atomic E-state index is 11.4. The molecule has 4 N–H and O–H groups in total. The van der Waals surface area contributed by atoms with E-state index >= 15 is 0 Å². The average molecular weight is 216 g/mol. The van der Waals surface area contributed by atoms with Gasteiger partial charge in [-0.25, -0.2) is 0 Å². The maximum absolute atomic E-state index is 11.4. The standard InChI is InChI=1S/C10H20N2O3/c1-6(5-11)4-9(13)12-8(3)7(2)10(14)15/h6-8H,4-5,11H2,1-3H3,(H,12,13)(H,14,15). The third-order valence-corrected chi connectivity index (χ3v) is 2.46. The zero-order valence-corrected chi connectivity index (χ0v) is 9.49. The minimum Gasteiger partial charge on any atom is -0.481 e. The van der Waals surface area contributed by atoms with E-state index in [-0.39, 0.29) is 17.9 Å². The van der Waals surface area contributed by atoms with Crippen LogP contribution in [-0.4, -0.2) is 29.6 Å². The summed E-state index contributed by atoms with van der Waals surface area (Å²) in [5.41, 5.74) is 5.39. The molecule has 0 aromatic rings. The summed E-state index contributed by atoms with van der Waals surface area (Å²) in [5.74, 6) is -1.51. The van der Waals surface area contributed by atoms with E-state index in [0.29, 0.717) is 13.0 Å². The third kappa shape index (κ3) is 5.37. The number of hydrogen-bond acceptors (Lipinski definition) is 3. The van der Waals surface area contributed by atoms with Gasteiger partial charge in [-0.1, -0.05) is 6.92 Å². The van der Waals surface area contributed by atoms with Crippen molar-refractivity contribution in [3.8, 4) is 0 Å². The molecule has 1 amide bonds. The molecule has 3 unspecified atom stereocenters. The summed E-state index contributed by atoms with van der Waals surface area (Å²) < 4.78 is 0. The van der Waals surface area contributed by atoms with Crippen LogP contribution in [0.25, 0.3) is 0 Å². The third-order valence-electron chi connectivity index (χ3n) is 2.46. The molecule has 0 fully saturated rings. The zero-order chi connectivity index (χ0) is 12.0. The summed E-state index contributed by atoms with van der Waals surface area (Å²) in [7, 11) is 0. The van der Waals surface area contributed by atoms with Crippen LogP contribution in [0.1, 0.15) is 27.2 Å². The molecule has 3 atom stereocenters. The summed E-state index contributed by atoms with van der Waals surface area (Å²) in [6.45, 7) is 5.59. The summed E-state index contributed by atoms with van der Waals surface area (Å²) in [5, 5.41) is 11.4. The van der Waals surface area contributed by atoms with Gasteiger partial charge in [0.15, 0.2) is 0 Å². The maximum Gasteiger partial charge on any atom is 0.308 e. The van der Waals surface area contributed by atoms with E-state index in [1.807, 2.05) is 6.92 Å². The summed E-state index contributed by atoms with van der Waals surface area (Å²) in [4.78, 5) is 22.0. The summed E-state index contributed by atoms with van der Waals surface area (Å²) in [6.07, 6.45) is 0.340. The largest absolute Gasteiger partial charge is 0.481 e. The van der Waals surface area contributed by atoms with Gasteiger partial charge < -0.3 is 16.2 Å². The molecule has 0 saturated heterocycles. The smallest absolute Gasteiger partial charge is 0.308 e. The number of amides is 1. The first-order valence-corrected chi connectivity index (χ1v) is 5.10. The quantitative estimate of drug-likeness (QED) is 0.591.